The van der Waals surface area contributed by atoms with Crippen molar-refractivity contribution < 1.29 is 5.11 Å². The Morgan fingerprint density at radius 1 is 1.36 bits per heavy atom. The molecule has 0 aliphatic carbocycles. The van der Waals surface area contributed by atoms with Crippen molar-refractivity contribution in [2.24, 2.45) is 0 Å². The normalized spacial score (nSPS) is 12.5. The number of rotatable bonds is 4. The van der Waals surface area contributed by atoms with Crippen molar-refractivity contribution in [2.75, 3.05) is 0 Å². The summed E-state index contributed by atoms with van der Waals surface area (Å²) in [5.41, 5.74) is 3.78. The van der Waals surface area contributed by atoms with Gasteiger partial charge in [0.05, 0.1) is 6.10 Å². The second-order valence-corrected chi connectivity index (χ2v) is 3.75. The summed E-state index contributed by atoms with van der Waals surface area (Å²) in [5.74, 6) is 0. The van der Waals surface area contributed by atoms with Crippen LogP contribution in [0.4, 0.5) is 0 Å². The first-order valence-corrected chi connectivity index (χ1v) is 4.99. The third kappa shape index (κ3) is 2.71. The molecule has 0 spiro atoms. The van der Waals surface area contributed by atoms with Gasteiger partial charge < -0.3 is 5.11 Å². The Morgan fingerprint density at radius 3 is 2.43 bits per heavy atom. The molecular formula is C13H18O. The van der Waals surface area contributed by atoms with Crippen LogP contribution in [0.1, 0.15) is 23.1 Å². The zero-order chi connectivity index (χ0) is 10.6. The van der Waals surface area contributed by atoms with Gasteiger partial charge in [0.1, 0.15) is 0 Å². The molecule has 0 heterocycles. The molecule has 14 heavy (non-hydrogen) atoms. The summed E-state index contributed by atoms with van der Waals surface area (Å²) in [4.78, 5) is 0. The quantitative estimate of drug-likeness (QED) is 0.724. The van der Waals surface area contributed by atoms with Crippen LogP contribution in [-0.2, 0) is 6.42 Å². The van der Waals surface area contributed by atoms with E-state index in [2.05, 4.69) is 32.6 Å². The van der Waals surface area contributed by atoms with Crippen molar-refractivity contribution in [1.29, 1.82) is 0 Å². The lowest BCUT2D eigenvalue weighted by Gasteiger charge is -2.13. The highest BCUT2D eigenvalue weighted by Crippen LogP contribution is 2.16. The van der Waals surface area contributed by atoms with E-state index >= 15 is 0 Å². The highest BCUT2D eigenvalue weighted by molar-refractivity contribution is 5.33. The van der Waals surface area contributed by atoms with E-state index in [-0.39, 0.29) is 6.10 Å². The van der Waals surface area contributed by atoms with Crippen LogP contribution in [0, 0.1) is 13.8 Å². The summed E-state index contributed by atoms with van der Waals surface area (Å²) in [7, 11) is 0. The number of benzene rings is 1. The smallest absolute Gasteiger partial charge is 0.0615 e. The van der Waals surface area contributed by atoms with Crippen LogP contribution >= 0.6 is 0 Å². The largest absolute Gasteiger partial charge is 0.392 e. The van der Waals surface area contributed by atoms with Gasteiger partial charge in [-0.3, -0.25) is 0 Å². The molecule has 1 rings (SSSR count). The van der Waals surface area contributed by atoms with E-state index in [0.717, 1.165) is 6.42 Å². The number of aliphatic hydroxyl groups excluding tert-OH is 1. The number of hydrogen-bond donors (Lipinski definition) is 1. The molecule has 1 N–H and O–H groups in total. The average Bonchev–Trinajstić information content (AvgIpc) is 2.12. The minimum Gasteiger partial charge on any atom is -0.392 e. The minimum atomic E-state index is -0.299. The molecular weight excluding hydrogens is 172 g/mol. The molecule has 0 radical (unpaired) electrons. The fourth-order valence-corrected chi connectivity index (χ4v) is 1.68. The van der Waals surface area contributed by atoms with Gasteiger partial charge in [-0.15, -0.1) is 6.58 Å². The maximum absolute atomic E-state index is 9.68. The van der Waals surface area contributed by atoms with E-state index in [1.54, 1.807) is 6.08 Å². The Bertz CT molecular complexity index is 295. The molecule has 1 atom stereocenters. The maximum atomic E-state index is 9.68. The van der Waals surface area contributed by atoms with Crippen LogP contribution in [0.2, 0.25) is 0 Å². The highest BCUT2D eigenvalue weighted by Gasteiger charge is 2.07. The lowest BCUT2D eigenvalue weighted by Crippen LogP contribution is -2.11. The van der Waals surface area contributed by atoms with Crippen LogP contribution in [0.3, 0.4) is 0 Å². The van der Waals surface area contributed by atoms with Gasteiger partial charge >= 0.3 is 0 Å². The van der Waals surface area contributed by atoms with Crippen LogP contribution < -0.4 is 0 Å². The molecule has 0 fully saturated rings. The van der Waals surface area contributed by atoms with E-state index in [9.17, 15) is 5.11 Å². The van der Waals surface area contributed by atoms with Gasteiger partial charge in [-0.1, -0.05) is 24.3 Å². The molecule has 0 aliphatic heterocycles. The number of aliphatic hydroxyl groups is 1. The number of aryl methyl sites for hydroxylation is 2. The molecule has 0 amide bonds. The fraction of sp³-hybridized carbons (Fsp3) is 0.385. The fourth-order valence-electron chi connectivity index (χ4n) is 1.68. The Balaban J connectivity index is 2.80. The summed E-state index contributed by atoms with van der Waals surface area (Å²) in [5, 5.41) is 9.68. The Morgan fingerprint density at radius 2 is 1.93 bits per heavy atom. The molecule has 1 aromatic rings. The molecule has 1 unspecified atom stereocenters. The van der Waals surface area contributed by atoms with Gasteiger partial charge in [-0.25, -0.2) is 0 Å². The Hall–Kier alpha value is -1.08. The van der Waals surface area contributed by atoms with Crippen molar-refractivity contribution >= 4 is 0 Å². The molecule has 0 saturated heterocycles. The summed E-state index contributed by atoms with van der Waals surface area (Å²) in [6, 6.07) is 6.22. The molecule has 1 aromatic carbocycles. The maximum Gasteiger partial charge on any atom is 0.0615 e. The highest BCUT2D eigenvalue weighted by atomic mass is 16.3. The molecule has 1 nitrogen and oxygen atoms in total. The van der Waals surface area contributed by atoms with E-state index in [0.29, 0.717) is 6.42 Å². The summed E-state index contributed by atoms with van der Waals surface area (Å²) in [6.07, 6.45) is 2.85. The van der Waals surface area contributed by atoms with Gasteiger partial charge in [-0.05, 0) is 43.4 Å². The van der Waals surface area contributed by atoms with E-state index in [1.807, 2.05) is 6.07 Å². The second-order valence-electron chi connectivity index (χ2n) is 3.75. The summed E-state index contributed by atoms with van der Waals surface area (Å²) < 4.78 is 0. The molecule has 1 heteroatoms. The van der Waals surface area contributed by atoms with Gasteiger partial charge in [-0.2, -0.15) is 0 Å². The lowest BCUT2D eigenvalue weighted by atomic mass is 9.96. The zero-order valence-electron chi connectivity index (χ0n) is 8.96. The van der Waals surface area contributed by atoms with Crippen LogP contribution in [0.15, 0.2) is 30.9 Å². The van der Waals surface area contributed by atoms with Crippen LogP contribution in [-0.4, -0.2) is 11.2 Å². The van der Waals surface area contributed by atoms with Gasteiger partial charge in [0.15, 0.2) is 0 Å². The van der Waals surface area contributed by atoms with E-state index in [1.165, 1.54) is 16.7 Å². The van der Waals surface area contributed by atoms with Crippen molar-refractivity contribution in [3.8, 4) is 0 Å². The SMILES string of the molecule is C=CCC(O)Cc1c(C)cccc1C. The predicted molar refractivity (Wildman–Crippen MR) is 60.4 cm³/mol. The second kappa shape index (κ2) is 4.97. The van der Waals surface area contributed by atoms with E-state index in [4.69, 9.17) is 0 Å². The van der Waals surface area contributed by atoms with Crippen LogP contribution in [0.25, 0.3) is 0 Å². The summed E-state index contributed by atoms with van der Waals surface area (Å²) in [6.45, 7) is 7.80. The van der Waals surface area contributed by atoms with Gasteiger partial charge in [0.25, 0.3) is 0 Å². The Labute approximate surface area is 86.1 Å². The molecule has 76 valence electrons. The van der Waals surface area contributed by atoms with Crippen LogP contribution in [0.5, 0.6) is 0 Å². The first-order valence-electron chi connectivity index (χ1n) is 4.99. The average molecular weight is 190 g/mol. The monoisotopic (exact) mass is 190 g/mol. The van der Waals surface area contributed by atoms with E-state index < -0.39 is 0 Å². The first-order chi connectivity index (χ1) is 6.65. The molecule has 0 aromatic heterocycles. The third-order valence-electron chi connectivity index (χ3n) is 2.52. The molecule has 0 saturated carbocycles. The van der Waals surface area contributed by atoms with Crippen molar-refractivity contribution in [1.82, 2.24) is 0 Å². The molecule has 0 aliphatic rings. The van der Waals surface area contributed by atoms with Crippen molar-refractivity contribution in [3.63, 3.8) is 0 Å². The zero-order valence-corrected chi connectivity index (χ0v) is 8.96. The Kier molecular flexibility index (Phi) is 3.90. The first kappa shape index (κ1) is 11.0. The van der Waals surface area contributed by atoms with Crippen molar-refractivity contribution in [3.05, 3.63) is 47.5 Å². The van der Waals surface area contributed by atoms with Gasteiger partial charge in [0, 0.05) is 0 Å². The standard InChI is InChI=1S/C13H18O/c1-4-6-12(14)9-13-10(2)7-5-8-11(13)3/h4-5,7-8,12,14H,1,6,9H2,2-3H3. The third-order valence-corrected chi connectivity index (χ3v) is 2.52. The predicted octanol–water partition coefficient (Wildman–Crippen LogP) is 2.78. The minimum absolute atomic E-state index is 0.299. The molecule has 0 bridgehead atoms. The summed E-state index contributed by atoms with van der Waals surface area (Å²) >= 11 is 0. The number of hydrogen-bond acceptors (Lipinski definition) is 1. The topological polar surface area (TPSA) is 20.2 Å². The lowest BCUT2D eigenvalue weighted by molar-refractivity contribution is 0.178. The van der Waals surface area contributed by atoms with Crippen molar-refractivity contribution in [2.45, 2.75) is 32.8 Å². The van der Waals surface area contributed by atoms with Gasteiger partial charge in [0.2, 0.25) is 0 Å².